The van der Waals surface area contributed by atoms with Crippen LogP contribution in [0.25, 0.3) is 0 Å². The third-order valence-corrected chi connectivity index (χ3v) is 4.00. The molecule has 1 aliphatic heterocycles. The number of hydrogen-bond acceptors (Lipinski definition) is 4. The van der Waals surface area contributed by atoms with Crippen molar-refractivity contribution in [3.63, 3.8) is 0 Å². The molecule has 1 fully saturated rings. The Morgan fingerprint density at radius 3 is 3.00 bits per heavy atom. The predicted octanol–water partition coefficient (Wildman–Crippen LogP) is 2.69. The zero-order valence-electron chi connectivity index (χ0n) is 13.2. The van der Waals surface area contributed by atoms with Crippen molar-refractivity contribution in [2.75, 3.05) is 13.1 Å². The van der Waals surface area contributed by atoms with Crippen LogP contribution in [0.2, 0.25) is 0 Å². The molecule has 5 nitrogen and oxygen atoms in total. The van der Waals surface area contributed by atoms with Crippen molar-refractivity contribution in [2.24, 2.45) is 0 Å². The molecule has 1 saturated heterocycles. The first-order valence-electron chi connectivity index (χ1n) is 7.65. The van der Waals surface area contributed by atoms with E-state index in [1.54, 1.807) is 36.1 Å². The largest absolute Gasteiger partial charge is 0.472 e. The lowest BCUT2D eigenvalue weighted by Crippen LogP contribution is -2.31. The van der Waals surface area contributed by atoms with Crippen molar-refractivity contribution in [3.8, 4) is 11.9 Å². The summed E-state index contributed by atoms with van der Waals surface area (Å²) in [7, 11) is 0. The minimum Gasteiger partial charge on any atom is -0.472 e. The molecule has 1 unspecified atom stereocenters. The number of ether oxygens (including phenoxy) is 1. The number of carbonyl (C=O) groups excluding carboxylic acids is 1. The molecule has 1 aliphatic rings. The van der Waals surface area contributed by atoms with Crippen LogP contribution in [0.15, 0.2) is 36.5 Å². The highest BCUT2D eigenvalue weighted by Gasteiger charge is 2.28. The second-order valence-electron chi connectivity index (χ2n) is 5.74. The summed E-state index contributed by atoms with van der Waals surface area (Å²) in [6.07, 6.45) is 1.99. The van der Waals surface area contributed by atoms with Gasteiger partial charge in [0.05, 0.1) is 18.2 Å². The molecule has 3 rings (SSSR count). The van der Waals surface area contributed by atoms with Crippen LogP contribution < -0.4 is 4.74 Å². The summed E-state index contributed by atoms with van der Waals surface area (Å²) in [5.74, 6) is -0.223. The molecule has 0 bridgehead atoms. The average molecular weight is 325 g/mol. The van der Waals surface area contributed by atoms with E-state index in [-0.39, 0.29) is 17.8 Å². The van der Waals surface area contributed by atoms with Gasteiger partial charge in [0.1, 0.15) is 11.9 Å². The van der Waals surface area contributed by atoms with Gasteiger partial charge in [-0.15, -0.1) is 0 Å². The number of aromatic nitrogens is 1. The van der Waals surface area contributed by atoms with Crippen molar-refractivity contribution in [1.82, 2.24) is 9.88 Å². The third-order valence-electron chi connectivity index (χ3n) is 4.00. The fourth-order valence-corrected chi connectivity index (χ4v) is 2.63. The maximum absolute atomic E-state index is 13.6. The van der Waals surface area contributed by atoms with E-state index in [1.165, 1.54) is 12.3 Å². The molecule has 2 heterocycles. The lowest BCUT2D eigenvalue weighted by atomic mass is 10.1. The van der Waals surface area contributed by atoms with E-state index in [4.69, 9.17) is 10.00 Å². The summed E-state index contributed by atoms with van der Waals surface area (Å²) in [6.45, 7) is 2.61. The molecular formula is C18H16FN3O2. The highest BCUT2D eigenvalue weighted by atomic mass is 19.1. The van der Waals surface area contributed by atoms with Crippen molar-refractivity contribution < 1.29 is 13.9 Å². The number of nitriles is 1. The summed E-state index contributed by atoms with van der Waals surface area (Å²) in [5.41, 5.74) is 1.32. The van der Waals surface area contributed by atoms with Crippen LogP contribution in [-0.2, 0) is 0 Å². The normalized spacial score (nSPS) is 16.7. The number of carbonyl (C=O) groups is 1. The second-order valence-corrected chi connectivity index (χ2v) is 5.74. The minimum atomic E-state index is -0.384. The van der Waals surface area contributed by atoms with Crippen molar-refractivity contribution in [1.29, 1.82) is 5.26 Å². The Hall–Kier alpha value is -2.94. The van der Waals surface area contributed by atoms with Crippen LogP contribution >= 0.6 is 0 Å². The van der Waals surface area contributed by atoms with E-state index in [0.29, 0.717) is 42.1 Å². The van der Waals surface area contributed by atoms with Gasteiger partial charge in [-0.2, -0.15) is 5.26 Å². The smallest absolute Gasteiger partial charge is 0.254 e. The number of rotatable bonds is 3. The number of nitrogens with zero attached hydrogens (tertiary/aromatic N) is 3. The van der Waals surface area contributed by atoms with Gasteiger partial charge in [0.15, 0.2) is 0 Å². The maximum atomic E-state index is 13.6. The van der Waals surface area contributed by atoms with Gasteiger partial charge in [-0.1, -0.05) is 6.07 Å². The molecular weight excluding hydrogens is 309 g/mol. The Morgan fingerprint density at radius 1 is 1.42 bits per heavy atom. The fourth-order valence-electron chi connectivity index (χ4n) is 2.63. The van der Waals surface area contributed by atoms with E-state index in [2.05, 4.69) is 4.98 Å². The monoisotopic (exact) mass is 325 g/mol. The van der Waals surface area contributed by atoms with Crippen LogP contribution in [0.5, 0.6) is 5.88 Å². The molecule has 6 heteroatoms. The summed E-state index contributed by atoms with van der Waals surface area (Å²) < 4.78 is 19.4. The molecule has 122 valence electrons. The van der Waals surface area contributed by atoms with Crippen LogP contribution in [0.1, 0.15) is 27.9 Å². The number of likely N-dealkylation sites (tertiary alicyclic amines) is 1. The van der Waals surface area contributed by atoms with E-state index in [9.17, 15) is 9.18 Å². The molecule has 1 aromatic carbocycles. The quantitative estimate of drug-likeness (QED) is 0.870. The van der Waals surface area contributed by atoms with Crippen molar-refractivity contribution >= 4 is 5.91 Å². The van der Waals surface area contributed by atoms with Crippen molar-refractivity contribution in [3.05, 3.63) is 59.0 Å². The highest BCUT2D eigenvalue weighted by molar-refractivity contribution is 5.94. The van der Waals surface area contributed by atoms with E-state index in [0.717, 1.165) is 0 Å². The van der Waals surface area contributed by atoms with Crippen molar-refractivity contribution in [2.45, 2.75) is 19.4 Å². The third kappa shape index (κ3) is 3.35. The van der Waals surface area contributed by atoms with Gasteiger partial charge >= 0.3 is 0 Å². The summed E-state index contributed by atoms with van der Waals surface area (Å²) in [5, 5.41) is 8.89. The Morgan fingerprint density at radius 2 is 2.25 bits per heavy atom. The molecule has 0 N–H and O–H groups in total. The van der Waals surface area contributed by atoms with E-state index in [1.807, 2.05) is 6.07 Å². The summed E-state index contributed by atoms with van der Waals surface area (Å²) >= 11 is 0. The average Bonchev–Trinajstić information content (AvgIpc) is 3.05. The number of benzene rings is 1. The topological polar surface area (TPSA) is 66.2 Å². The molecule has 2 aromatic rings. The second kappa shape index (κ2) is 6.67. The van der Waals surface area contributed by atoms with Crippen LogP contribution in [0, 0.1) is 24.1 Å². The van der Waals surface area contributed by atoms with Gasteiger partial charge < -0.3 is 9.64 Å². The van der Waals surface area contributed by atoms with Gasteiger partial charge in [-0.25, -0.2) is 9.37 Å². The Kier molecular flexibility index (Phi) is 4.43. The van der Waals surface area contributed by atoms with Gasteiger partial charge in [0.25, 0.3) is 5.91 Å². The highest BCUT2D eigenvalue weighted by Crippen LogP contribution is 2.20. The lowest BCUT2D eigenvalue weighted by Gasteiger charge is -2.17. The summed E-state index contributed by atoms with van der Waals surface area (Å²) in [4.78, 5) is 18.2. The SMILES string of the molecule is Cc1ccc(C(=O)N2CCC(Oc3cc(C#N)ccn3)C2)cc1F. The molecule has 1 aromatic heterocycles. The number of hydrogen-bond donors (Lipinski definition) is 0. The Labute approximate surface area is 139 Å². The van der Waals surface area contributed by atoms with E-state index < -0.39 is 0 Å². The first-order chi connectivity index (χ1) is 11.6. The first kappa shape index (κ1) is 15.9. The molecule has 0 radical (unpaired) electrons. The van der Waals surface area contributed by atoms with Crippen LogP contribution in [-0.4, -0.2) is 35.0 Å². The molecule has 1 atom stereocenters. The zero-order valence-corrected chi connectivity index (χ0v) is 13.2. The molecule has 0 saturated carbocycles. The van der Waals surface area contributed by atoms with Gasteiger partial charge in [0, 0.05) is 30.8 Å². The van der Waals surface area contributed by atoms with Crippen LogP contribution in [0.3, 0.4) is 0 Å². The Bertz CT molecular complexity index is 816. The van der Waals surface area contributed by atoms with Gasteiger partial charge in [-0.3, -0.25) is 4.79 Å². The molecule has 1 amide bonds. The summed E-state index contributed by atoms with van der Waals surface area (Å²) in [6, 6.07) is 9.70. The molecule has 0 spiro atoms. The predicted molar refractivity (Wildman–Crippen MR) is 85.0 cm³/mol. The minimum absolute atomic E-state index is 0.189. The number of amides is 1. The van der Waals surface area contributed by atoms with E-state index >= 15 is 0 Å². The fraction of sp³-hybridized carbons (Fsp3) is 0.278. The number of aryl methyl sites for hydroxylation is 1. The van der Waals surface area contributed by atoms with Gasteiger partial charge in [0.2, 0.25) is 5.88 Å². The lowest BCUT2D eigenvalue weighted by molar-refractivity contribution is 0.0770. The number of pyridine rings is 1. The molecule has 0 aliphatic carbocycles. The van der Waals surface area contributed by atoms with Gasteiger partial charge in [-0.05, 0) is 30.7 Å². The standard InChI is InChI=1S/C18H16FN3O2/c1-12-2-3-14(9-16(12)19)18(23)22-7-5-15(11-22)24-17-8-13(10-20)4-6-21-17/h2-4,6,8-9,15H,5,7,11H2,1H3. The zero-order chi connectivity index (χ0) is 17.1. The first-order valence-corrected chi connectivity index (χ1v) is 7.65. The number of halogens is 1. The maximum Gasteiger partial charge on any atom is 0.254 e. The van der Waals surface area contributed by atoms with Crippen LogP contribution in [0.4, 0.5) is 4.39 Å². The Balaban J connectivity index is 1.65. The molecule has 24 heavy (non-hydrogen) atoms.